The maximum absolute atomic E-state index is 12.9. The molecule has 5 rings (SSSR count). The number of rotatable bonds is 9. The van der Waals surface area contributed by atoms with Crippen LogP contribution in [0.2, 0.25) is 0 Å². The Bertz CT molecular complexity index is 1610. The zero-order chi connectivity index (χ0) is 30.3. The molecule has 14 nitrogen and oxygen atoms in total. The third kappa shape index (κ3) is 6.58. The summed E-state index contributed by atoms with van der Waals surface area (Å²) in [4.78, 5) is 35.9. The minimum atomic E-state index is -0.291. The van der Waals surface area contributed by atoms with Crippen molar-refractivity contribution < 1.29 is 14.3 Å². The summed E-state index contributed by atoms with van der Waals surface area (Å²) < 4.78 is 6.45. The van der Waals surface area contributed by atoms with Gasteiger partial charge in [0.05, 0.1) is 30.0 Å². The van der Waals surface area contributed by atoms with Crippen LogP contribution in [0.1, 0.15) is 51.9 Å². The van der Waals surface area contributed by atoms with Crippen molar-refractivity contribution in [3.63, 3.8) is 0 Å². The number of carbonyl (C=O) groups is 2. The normalized spacial score (nSPS) is 14.7. The number of hydrogen-bond acceptors (Lipinski definition) is 11. The van der Waals surface area contributed by atoms with Gasteiger partial charge in [0.25, 0.3) is 5.91 Å². The lowest BCUT2D eigenvalue weighted by Gasteiger charge is -2.35. The molecule has 0 saturated carbocycles. The Labute approximate surface area is 248 Å². The zero-order valence-electron chi connectivity index (χ0n) is 23.9. The van der Waals surface area contributed by atoms with E-state index in [4.69, 9.17) is 15.9 Å². The second-order valence-electron chi connectivity index (χ2n) is 10.2. The maximum atomic E-state index is 12.9. The van der Waals surface area contributed by atoms with Crippen molar-refractivity contribution in [2.45, 2.75) is 38.8 Å². The maximum Gasteiger partial charge on any atom is 0.347 e. The molecule has 222 valence electrons. The van der Waals surface area contributed by atoms with Crippen LogP contribution in [0.4, 0.5) is 16.4 Å². The van der Waals surface area contributed by atoms with E-state index >= 15 is 0 Å². The third-order valence-corrected chi connectivity index (χ3v) is 7.34. The second kappa shape index (κ2) is 13.1. The van der Waals surface area contributed by atoms with Crippen LogP contribution in [-0.2, 0) is 6.54 Å². The number of anilines is 2. The molecule has 0 bridgehead atoms. The van der Waals surface area contributed by atoms with Gasteiger partial charge in [-0.15, -0.1) is 9.78 Å². The van der Waals surface area contributed by atoms with Crippen LogP contribution < -0.4 is 21.1 Å². The van der Waals surface area contributed by atoms with Crippen LogP contribution in [0.25, 0.3) is 0 Å². The minimum Gasteiger partial charge on any atom is -0.496 e. The lowest BCUT2D eigenvalue weighted by molar-refractivity contribution is 0.0947. The highest BCUT2D eigenvalue weighted by atomic mass is 16.5. The molecule has 1 aliphatic rings. The molecule has 2 amide bonds. The fourth-order valence-corrected chi connectivity index (χ4v) is 5.05. The van der Waals surface area contributed by atoms with Crippen LogP contribution in [-0.4, -0.2) is 79.0 Å². The van der Waals surface area contributed by atoms with Crippen molar-refractivity contribution >= 4 is 29.3 Å². The largest absolute Gasteiger partial charge is 0.496 e. The van der Waals surface area contributed by atoms with Gasteiger partial charge in [-0.1, -0.05) is 35.9 Å². The van der Waals surface area contributed by atoms with Crippen LogP contribution >= 0.6 is 0 Å². The predicted molar refractivity (Wildman–Crippen MR) is 159 cm³/mol. The van der Waals surface area contributed by atoms with Gasteiger partial charge in [-0.3, -0.25) is 10.2 Å². The van der Waals surface area contributed by atoms with Crippen molar-refractivity contribution in [1.29, 1.82) is 5.41 Å². The Morgan fingerprint density at radius 3 is 2.70 bits per heavy atom. The molecular weight excluding hydrogens is 550 g/mol. The van der Waals surface area contributed by atoms with Gasteiger partial charge >= 0.3 is 6.03 Å². The molecule has 0 radical (unpaired) electrons. The molecule has 0 aliphatic carbocycles. The summed E-state index contributed by atoms with van der Waals surface area (Å²) in [6.45, 7) is 3.20. The molecule has 2 aromatic heterocycles. The molecule has 14 heteroatoms. The molecule has 2 aromatic carbocycles. The first kappa shape index (κ1) is 29.1. The van der Waals surface area contributed by atoms with Crippen LogP contribution in [0.3, 0.4) is 0 Å². The van der Waals surface area contributed by atoms with Crippen molar-refractivity contribution in [3.8, 4) is 5.75 Å². The van der Waals surface area contributed by atoms with Crippen molar-refractivity contribution in [2.75, 3.05) is 31.2 Å². The number of hydrogen-bond donors (Lipinski definition) is 4. The van der Waals surface area contributed by atoms with E-state index < -0.39 is 0 Å². The summed E-state index contributed by atoms with van der Waals surface area (Å²) in [5.74, 6) is 0.838. The molecule has 1 atom stereocenters. The number of carbonyl (C=O) groups excluding carboxylic acids is 2. The highest BCUT2D eigenvalue weighted by Crippen LogP contribution is 2.24. The Kier molecular flexibility index (Phi) is 8.84. The lowest BCUT2D eigenvalue weighted by Crippen LogP contribution is -2.49. The molecule has 5 N–H and O–H groups in total. The van der Waals surface area contributed by atoms with E-state index in [2.05, 4.69) is 36.1 Å². The predicted octanol–water partition coefficient (Wildman–Crippen LogP) is 2.64. The van der Waals surface area contributed by atoms with Gasteiger partial charge in [0.1, 0.15) is 30.0 Å². The third-order valence-electron chi connectivity index (χ3n) is 7.34. The van der Waals surface area contributed by atoms with Gasteiger partial charge in [0.2, 0.25) is 0 Å². The number of methoxy groups -OCH3 is 1. The van der Waals surface area contributed by atoms with Gasteiger partial charge in [0.15, 0.2) is 0 Å². The van der Waals surface area contributed by atoms with Crippen molar-refractivity contribution in [3.05, 3.63) is 82.9 Å². The fraction of sp³-hybridized carbons (Fsp3) is 0.310. The molecule has 0 spiro atoms. The number of nitrogens with zero attached hydrogens (tertiary/aromatic N) is 7. The summed E-state index contributed by atoms with van der Waals surface area (Å²) in [5.41, 5.74) is 9.63. The number of amides is 2. The molecule has 1 aliphatic heterocycles. The fourth-order valence-electron chi connectivity index (χ4n) is 5.05. The SMILES string of the molecule is COc1ccc(C)cc1C(=O)NCc1ccc(C(=N)c2c(N)ncnc2NCC2CCCCN2C(=O)n2cnnn2)cc1. The number of likely N-dealkylation sites (tertiary alicyclic amines) is 1. The van der Waals surface area contributed by atoms with E-state index in [-0.39, 0.29) is 29.5 Å². The molecular formula is C29H33N11O3. The van der Waals surface area contributed by atoms with Crippen LogP contribution in [0.15, 0.2) is 55.1 Å². The first-order chi connectivity index (χ1) is 20.9. The second-order valence-corrected chi connectivity index (χ2v) is 10.2. The zero-order valence-corrected chi connectivity index (χ0v) is 23.9. The molecule has 1 fully saturated rings. The number of nitrogens with one attached hydrogen (secondary N) is 3. The number of ether oxygens (including phenoxy) is 1. The van der Waals surface area contributed by atoms with Gasteiger partial charge < -0.3 is 26.0 Å². The Morgan fingerprint density at radius 2 is 1.95 bits per heavy atom. The number of tetrazole rings is 1. The smallest absolute Gasteiger partial charge is 0.347 e. The summed E-state index contributed by atoms with van der Waals surface area (Å²) >= 11 is 0. The Morgan fingerprint density at radius 1 is 1.14 bits per heavy atom. The number of nitrogen functional groups attached to an aromatic ring is 1. The first-order valence-corrected chi connectivity index (χ1v) is 13.8. The summed E-state index contributed by atoms with van der Waals surface area (Å²) in [6, 6.07) is 12.3. The molecule has 4 aromatic rings. The average Bonchev–Trinajstić information content (AvgIpc) is 3.58. The van der Waals surface area contributed by atoms with E-state index in [1.165, 1.54) is 19.8 Å². The van der Waals surface area contributed by atoms with Gasteiger partial charge in [-0.2, -0.15) is 0 Å². The lowest BCUT2D eigenvalue weighted by atomic mass is 10.0. The Balaban J connectivity index is 1.26. The molecule has 1 saturated heterocycles. The van der Waals surface area contributed by atoms with Gasteiger partial charge in [0, 0.05) is 25.2 Å². The van der Waals surface area contributed by atoms with Crippen LogP contribution in [0.5, 0.6) is 5.75 Å². The summed E-state index contributed by atoms with van der Waals surface area (Å²) in [5, 5.41) is 26.0. The quantitative estimate of drug-likeness (QED) is 0.168. The van der Waals surface area contributed by atoms with E-state index in [0.717, 1.165) is 35.1 Å². The molecule has 1 unspecified atom stereocenters. The van der Waals surface area contributed by atoms with E-state index in [1.807, 2.05) is 25.1 Å². The summed E-state index contributed by atoms with van der Waals surface area (Å²) in [7, 11) is 1.53. The molecule has 43 heavy (non-hydrogen) atoms. The highest BCUT2D eigenvalue weighted by Gasteiger charge is 2.29. The number of benzene rings is 2. The number of nitrogens with two attached hydrogens (primary N) is 1. The number of piperidine rings is 1. The first-order valence-electron chi connectivity index (χ1n) is 13.8. The van der Waals surface area contributed by atoms with Crippen LogP contribution in [0, 0.1) is 12.3 Å². The van der Waals surface area contributed by atoms with E-state index in [9.17, 15) is 9.59 Å². The standard InChI is InChI=1S/C29H33N11O3/c1-18-6-11-23(43-2)22(13-18)28(41)33-14-19-7-9-20(10-8-19)25(30)24-26(31)34-16-35-27(24)32-15-21-5-3-4-12-39(21)29(42)40-17-36-37-38-40/h6-11,13,16-17,21,30H,3-5,12,14-15H2,1-2H3,(H,33,41)(H3,31,32,34,35). The molecule has 3 heterocycles. The number of aromatic nitrogens is 6. The monoisotopic (exact) mass is 583 g/mol. The van der Waals surface area contributed by atoms with E-state index in [1.54, 1.807) is 29.2 Å². The summed E-state index contributed by atoms with van der Waals surface area (Å²) in [6.07, 6.45) is 5.29. The number of aryl methyl sites for hydroxylation is 1. The average molecular weight is 584 g/mol. The van der Waals surface area contributed by atoms with Crippen molar-refractivity contribution in [1.82, 2.24) is 40.4 Å². The Hall–Kier alpha value is -5.40. The highest BCUT2D eigenvalue weighted by molar-refractivity contribution is 6.16. The van der Waals surface area contributed by atoms with Gasteiger partial charge in [-0.05, 0) is 54.3 Å². The topological polar surface area (TPSA) is 190 Å². The van der Waals surface area contributed by atoms with Crippen molar-refractivity contribution in [2.24, 2.45) is 0 Å². The minimum absolute atomic E-state index is 0.127. The van der Waals surface area contributed by atoms with Gasteiger partial charge in [-0.25, -0.2) is 14.8 Å². The van der Waals surface area contributed by atoms with E-state index in [0.29, 0.717) is 47.9 Å².